The molecule has 1 fully saturated rings. The van der Waals surface area contributed by atoms with Crippen molar-refractivity contribution in [1.82, 2.24) is 14.7 Å². The molecule has 0 N–H and O–H groups in total. The van der Waals surface area contributed by atoms with Crippen LogP contribution in [0.15, 0.2) is 41.8 Å². The van der Waals surface area contributed by atoms with Crippen molar-refractivity contribution >= 4 is 23.2 Å². The fraction of sp³-hybridized carbons (Fsp3) is 0.571. The van der Waals surface area contributed by atoms with Crippen molar-refractivity contribution in [2.24, 2.45) is 5.92 Å². The second kappa shape index (κ2) is 12.0. The molecule has 1 aromatic heterocycles. The highest BCUT2D eigenvalue weighted by molar-refractivity contribution is 7.10. The lowest BCUT2D eigenvalue weighted by Crippen LogP contribution is -2.45. The van der Waals surface area contributed by atoms with E-state index in [1.807, 2.05) is 27.2 Å². The molecule has 2 amide bonds. The topological polar surface area (TPSA) is 43.9 Å². The predicted molar refractivity (Wildman–Crippen MR) is 139 cm³/mol. The summed E-state index contributed by atoms with van der Waals surface area (Å²) in [4.78, 5) is 34.3. The van der Waals surface area contributed by atoms with Gasteiger partial charge in [0.15, 0.2) is 0 Å². The van der Waals surface area contributed by atoms with Gasteiger partial charge in [0.1, 0.15) is 0 Å². The SMILES string of the molecule is CCCC[C@@H](CC)C(=O)N1CCCN(C(=O)CN2CCc3sccc3[C@@H]2c2ccccc2)CC1. The molecule has 184 valence electrons. The van der Waals surface area contributed by atoms with Crippen molar-refractivity contribution in [3.05, 3.63) is 57.8 Å². The minimum absolute atomic E-state index is 0.127. The van der Waals surface area contributed by atoms with Gasteiger partial charge in [0, 0.05) is 43.5 Å². The van der Waals surface area contributed by atoms with Gasteiger partial charge in [-0.05, 0) is 48.3 Å². The maximum Gasteiger partial charge on any atom is 0.236 e. The minimum Gasteiger partial charge on any atom is -0.341 e. The number of benzene rings is 1. The van der Waals surface area contributed by atoms with Gasteiger partial charge in [0.25, 0.3) is 0 Å². The van der Waals surface area contributed by atoms with Crippen molar-refractivity contribution in [2.75, 3.05) is 39.3 Å². The monoisotopic (exact) mass is 481 g/mol. The highest BCUT2D eigenvalue weighted by atomic mass is 32.1. The standard InChI is InChI=1S/C28H39N3O2S/c1-3-5-10-22(4-2)28(33)30-16-9-15-29(18-19-30)26(32)21-31-17-13-25-24(14-20-34-25)27(31)23-11-7-6-8-12-23/h6-8,11-12,14,20,22,27H,3-5,9-10,13,15-19,21H2,1-2H3/t22-,27+/m1/s1. The van der Waals surface area contributed by atoms with Gasteiger partial charge < -0.3 is 9.80 Å². The molecule has 2 aliphatic heterocycles. The Bertz CT molecular complexity index is 944. The summed E-state index contributed by atoms with van der Waals surface area (Å²) in [5.41, 5.74) is 2.60. The van der Waals surface area contributed by atoms with Gasteiger partial charge in [-0.3, -0.25) is 14.5 Å². The first-order valence-corrected chi connectivity index (χ1v) is 13.9. The van der Waals surface area contributed by atoms with Crippen molar-refractivity contribution in [3.8, 4) is 0 Å². The third-order valence-electron chi connectivity index (χ3n) is 7.43. The Morgan fingerprint density at radius 1 is 1.00 bits per heavy atom. The average molecular weight is 482 g/mol. The molecular weight excluding hydrogens is 442 g/mol. The number of hydrogen-bond donors (Lipinski definition) is 0. The van der Waals surface area contributed by atoms with E-state index in [1.165, 1.54) is 16.0 Å². The van der Waals surface area contributed by atoms with Crippen LogP contribution in [0, 0.1) is 5.92 Å². The summed E-state index contributed by atoms with van der Waals surface area (Å²) in [5, 5.41) is 2.18. The van der Waals surface area contributed by atoms with E-state index in [0.717, 1.165) is 58.2 Å². The first-order chi connectivity index (χ1) is 16.6. The molecule has 2 aliphatic rings. The maximum atomic E-state index is 13.4. The number of thiophene rings is 1. The fourth-order valence-electron chi connectivity index (χ4n) is 5.44. The lowest BCUT2D eigenvalue weighted by atomic mass is 9.93. The molecule has 2 atom stereocenters. The van der Waals surface area contributed by atoms with Crippen molar-refractivity contribution in [3.63, 3.8) is 0 Å². The Morgan fingerprint density at radius 3 is 2.53 bits per heavy atom. The number of fused-ring (bicyclic) bond motifs is 1. The van der Waals surface area contributed by atoms with Crippen LogP contribution < -0.4 is 0 Å². The van der Waals surface area contributed by atoms with Crippen LogP contribution in [0.3, 0.4) is 0 Å². The highest BCUT2D eigenvalue weighted by Gasteiger charge is 2.32. The predicted octanol–water partition coefficient (Wildman–Crippen LogP) is 4.97. The van der Waals surface area contributed by atoms with E-state index >= 15 is 0 Å². The molecule has 5 nitrogen and oxygen atoms in total. The summed E-state index contributed by atoms with van der Waals surface area (Å²) in [6.07, 6.45) is 5.97. The van der Waals surface area contributed by atoms with E-state index in [1.54, 1.807) is 0 Å². The van der Waals surface area contributed by atoms with Crippen LogP contribution in [0.1, 0.15) is 68.0 Å². The van der Waals surface area contributed by atoms with Gasteiger partial charge in [-0.1, -0.05) is 57.0 Å². The zero-order chi connectivity index (χ0) is 23.9. The van der Waals surface area contributed by atoms with E-state index in [4.69, 9.17) is 0 Å². The summed E-state index contributed by atoms with van der Waals surface area (Å²) in [7, 11) is 0. The first-order valence-electron chi connectivity index (χ1n) is 13.0. The van der Waals surface area contributed by atoms with Crippen molar-refractivity contribution in [1.29, 1.82) is 0 Å². The smallest absolute Gasteiger partial charge is 0.236 e. The normalized spacial score (nSPS) is 20.0. The Morgan fingerprint density at radius 2 is 1.76 bits per heavy atom. The molecule has 3 heterocycles. The molecule has 2 aromatic rings. The molecule has 0 aliphatic carbocycles. The van der Waals surface area contributed by atoms with Gasteiger partial charge >= 0.3 is 0 Å². The lowest BCUT2D eigenvalue weighted by molar-refractivity contribution is -0.137. The van der Waals surface area contributed by atoms with Crippen molar-refractivity contribution in [2.45, 2.75) is 58.4 Å². The van der Waals surface area contributed by atoms with Crippen LogP contribution in [0.5, 0.6) is 0 Å². The summed E-state index contributed by atoms with van der Waals surface area (Å²) < 4.78 is 0. The molecule has 0 radical (unpaired) electrons. The fourth-order valence-corrected chi connectivity index (χ4v) is 6.34. The average Bonchev–Trinajstić information content (AvgIpc) is 3.20. The van der Waals surface area contributed by atoms with E-state index in [9.17, 15) is 9.59 Å². The van der Waals surface area contributed by atoms with Crippen LogP contribution >= 0.6 is 11.3 Å². The Kier molecular flexibility index (Phi) is 8.79. The van der Waals surface area contributed by atoms with Crippen LogP contribution in [0.2, 0.25) is 0 Å². The third-order valence-corrected chi connectivity index (χ3v) is 8.42. The lowest BCUT2D eigenvalue weighted by Gasteiger charge is -2.37. The Hall–Kier alpha value is -2.18. The number of carbonyl (C=O) groups excluding carboxylic acids is 2. The number of hydrogen-bond acceptors (Lipinski definition) is 4. The van der Waals surface area contributed by atoms with Crippen LogP contribution in [-0.4, -0.2) is 65.8 Å². The summed E-state index contributed by atoms with van der Waals surface area (Å²) in [6, 6.07) is 12.9. The molecule has 0 spiro atoms. The number of nitrogens with zero attached hydrogens (tertiary/aromatic N) is 3. The van der Waals surface area contributed by atoms with Gasteiger partial charge in [-0.25, -0.2) is 0 Å². The largest absolute Gasteiger partial charge is 0.341 e. The molecule has 34 heavy (non-hydrogen) atoms. The number of rotatable bonds is 8. The highest BCUT2D eigenvalue weighted by Crippen LogP contribution is 2.37. The first kappa shape index (κ1) is 24.9. The van der Waals surface area contributed by atoms with Crippen LogP contribution in [0.4, 0.5) is 0 Å². The van der Waals surface area contributed by atoms with Crippen LogP contribution in [0.25, 0.3) is 0 Å². The second-order valence-electron chi connectivity index (χ2n) is 9.64. The minimum atomic E-state index is 0.127. The zero-order valence-electron chi connectivity index (χ0n) is 20.7. The molecule has 4 rings (SSSR count). The van der Waals surface area contributed by atoms with Gasteiger partial charge in [-0.15, -0.1) is 11.3 Å². The zero-order valence-corrected chi connectivity index (χ0v) is 21.6. The maximum absolute atomic E-state index is 13.4. The molecular formula is C28H39N3O2S. The van der Waals surface area contributed by atoms with Gasteiger partial charge in [0.05, 0.1) is 12.6 Å². The van der Waals surface area contributed by atoms with E-state index in [0.29, 0.717) is 19.6 Å². The quantitative estimate of drug-likeness (QED) is 0.535. The van der Waals surface area contributed by atoms with E-state index in [-0.39, 0.29) is 23.8 Å². The summed E-state index contributed by atoms with van der Waals surface area (Å²) in [6.45, 7) is 8.42. The Labute approximate surface area is 208 Å². The van der Waals surface area contributed by atoms with Crippen LogP contribution in [-0.2, 0) is 16.0 Å². The van der Waals surface area contributed by atoms with E-state index in [2.05, 4.69) is 54.5 Å². The molecule has 1 aromatic carbocycles. The number of unbranched alkanes of at least 4 members (excludes halogenated alkanes) is 1. The van der Waals surface area contributed by atoms with E-state index < -0.39 is 0 Å². The molecule has 0 unspecified atom stereocenters. The summed E-state index contributed by atoms with van der Waals surface area (Å²) >= 11 is 1.83. The molecule has 0 bridgehead atoms. The second-order valence-corrected chi connectivity index (χ2v) is 10.6. The third kappa shape index (κ3) is 5.72. The van der Waals surface area contributed by atoms with Crippen molar-refractivity contribution < 1.29 is 9.59 Å². The van der Waals surface area contributed by atoms with Gasteiger partial charge in [-0.2, -0.15) is 0 Å². The van der Waals surface area contributed by atoms with Gasteiger partial charge in [0.2, 0.25) is 11.8 Å². The molecule has 1 saturated heterocycles. The molecule has 0 saturated carbocycles. The Balaban J connectivity index is 1.40. The molecule has 6 heteroatoms. The summed E-state index contributed by atoms with van der Waals surface area (Å²) in [5.74, 6) is 0.601. The number of amides is 2. The number of carbonyl (C=O) groups is 2.